The molecule has 4 rings (SSSR count). The van der Waals surface area contributed by atoms with Crippen LogP contribution in [0.5, 0.6) is 0 Å². The molecule has 0 saturated heterocycles. The Morgan fingerprint density at radius 2 is 1.92 bits per heavy atom. The Bertz CT molecular complexity index is 1130. The van der Waals surface area contributed by atoms with Gasteiger partial charge in [-0.15, -0.1) is 10.2 Å². The molecule has 0 radical (unpaired) electrons. The second-order valence-corrected chi connectivity index (χ2v) is 5.52. The zero-order chi connectivity index (χ0) is 17.2. The summed E-state index contributed by atoms with van der Waals surface area (Å²) in [6, 6.07) is 12.7. The summed E-state index contributed by atoms with van der Waals surface area (Å²) >= 11 is 0. The van der Waals surface area contributed by atoms with Gasteiger partial charge in [0.1, 0.15) is 6.54 Å². The zero-order valence-electron chi connectivity index (χ0n) is 13.2. The molecule has 0 aliphatic heterocycles. The van der Waals surface area contributed by atoms with E-state index in [0.717, 1.165) is 10.1 Å². The number of pyridine rings is 1. The van der Waals surface area contributed by atoms with Crippen molar-refractivity contribution in [2.75, 3.05) is 0 Å². The van der Waals surface area contributed by atoms with Crippen molar-refractivity contribution in [3.05, 3.63) is 71.0 Å². The molecule has 8 heteroatoms. The number of amides is 1. The second-order valence-electron chi connectivity index (χ2n) is 5.52. The third kappa shape index (κ3) is 2.85. The first-order valence-electron chi connectivity index (χ1n) is 7.72. The third-order valence-electron chi connectivity index (χ3n) is 3.88. The van der Waals surface area contributed by atoms with E-state index in [-0.39, 0.29) is 24.6 Å². The van der Waals surface area contributed by atoms with Gasteiger partial charge in [0.05, 0.1) is 18.1 Å². The maximum atomic E-state index is 12.4. The molecule has 3 aromatic heterocycles. The molecule has 0 aliphatic carbocycles. The fourth-order valence-corrected chi connectivity index (χ4v) is 2.62. The third-order valence-corrected chi connectivity index (χ3v) is 3.88. The van der Waals surface area contributed by atoms with Crippen molar-refractivity contribution in [2.45, 2.75) is 13.1 Å². The maximum Gasteiger partial charge on any atom is 0.275 e. The van der Waals surface area contributed by atoms with Gasteiger partial charge < -0.3 is 5.32 Å². The normalized spacial score (nSPS) is 11.0. The summed E-state index contributed by atoms with van der Waals surface area (Å²) in [4.78, 5) is 24.5. The van der Waals surface area contributed by atoms with Crippen LogP contribution in [0.15, 0.2) is 59.7 Å². The van der Waals surface area contributed by atoms with Crippen LogP contribution in [0.2, 0.25) is 0 Å². The van der Waals surface area contributed by atoms with Crippen molar-refractivity contribution in [3.63, 3.8) is 0 Å². The number of nitrogens with zero attached hydrogens (tertiary/aromatic N) is 5. The lowest BCUT2D eigenvalue weighted by atomic mass is 10.2. The van der Waals surface area contributed by atoms with Crippen molar-refractivity contribution in [1.29, 1.82) is 0 Å². The molecular weight excluding hydrogens is 320 g/mol. The van der Waals surface area contributed by atoms with Crippen LogP contribution >= 0.6 is 0 Å². The van der Waals surface area contributed by atoms with Crippen LogP contribution in [0, 0.1) is 0 Å². The van der Waals surface area contributed by atoms with E-state index in [1.54, 1.807) is 22.7 Å². The highest BCUT2D eigenvalue weighted by atomic mass is 16.2. The number of carbonyl (C=O) groups excluding carboxylic acids is 1. The highest BCUT2D eigenvalue weighted by Gasteiger charge is 2.10. The van der Waals surface area contributed by atoms with Gasteiger partial charge in [-0.25, -0.2) is 4.68 Å². The van der Waals surface area contributed by atoms with E-state index < -0.39 is 0 Å². The summed E-state index contributed by atoms with van der Waals surface area (Å²) < 4.78 is 2.94. The van der Waals surface area contributed by atoms with Crippen molar-refractivity contribution >= 4 is 22.3 Å². The topological polar surface area (TPSA) is 94.2 Å². The van der Waals surface area contributed by atoms with Crippen LogP contribution < -0.4 is 10.9 Å². The predicted molar refractivity (Wildman–Crippen MR) is 90.8 cm³/mol. The minimum atomic E-state index is -0.322. The predicted octanol–water partition coefficient (Wildman–Crippen LogP) is 0.756. The van der Waals surface area contributed by atoms with E-state index >= 15 is 0 Å². The standard InChI is InChI=1S/C17H14N6O2/c24-16(18-10-15-21-20-14-7-3-4-8-22(14)15)11-23-17(25)13-6-2-1-5-12(13)9-19-23/h1-9H,10-11H2,(H,18,24). The number of fused-ring (bicyclic) bond motifs is 2. The van der Waals surface area contributed by atoms with Gasteiger partial charge in [0.15, 0.2) is 11.5 Å². The van der Waals surface area contributed by atoms with Crippen LogP contribution in [0.4, 0.5) is 0 Å². The van der Waals surface area contributed by atoms with Gasteiger partial charge >= 0.3 is 0 Å². The Morgan fingerprint density at radius 3 is 2.84 bits per heavy atom. The van der Waals surface area contributed by atoms with Crippen molar-refractivity contribution in [1.82, 2.24) is 29.7 Å². The molecule has 1 aromatic carbocycles. The summed E-state index contributed by atoms with van der Waals surface area (Å²) in [5, 5.41) is 16.1. The summed E-state index contributed by atoms with van der Waals surface area (Å²) in [5.74, 6) is 0.292. The number of aromatic nitrogens is 5. The molecule has 3 heterocycles. The van der Waals surface area contributed by atoms with Crippen LogP contribution in [-0.4, -0.2) is 30.3 Å². The van der Waals surface area contributed by atoms with Crippen molar-refractivity contribution in [2.24, 2.45) is 0 Å². The average Bonchev–Trinajstić information content (AvgIpc) is 3.06. The molecule has 0 saturated carbocycles. The largest absolute Gasteiger partial charge is 0.347 e. The van der Waals surface area contributed by atoms with Gasteiger partial charge in [0.2, 0.25) is 5.91 Å². The van der Waals surface area contributed by atoms with Crippen LogP contribution in [0.25, 0.3) is 16.4 Å². The van der Waals surface area contributed by atoms with Gasteiger partial charge in [-0.3, -0.25) is 14.0 Å². The lowest BCUT2D eigenvalue weighted by Crippen LogP contribution is -2.33. The van der Waals surface area contributed by atoms with E-state index in [0.29, 0.717) is 16.9 Å². The first kappa shape index (κ1) is 15.0. The molecule has 1 N–H and O–H groups in total. The Hall–Kier alpha value is -3.55. The lowest BCUT2D eigenvalue weighted by Gasteiger charge is -2.07. The number of carbonyl (C=O) groups is 1. The number of rotatable bonds is 4. The molecule has 0 fully saturated rings. The van der Waals surface area contributed by atoms with Gasteiger partial charge in [0, 0.05) is 11.6 Å². The summed E-state index contributed by atoms with van der Waals surface area (Å²) in [5.41, 5.74) is 0.417. The van der Waals surface area contributed by atoms with Gasteiger partial charge in [-0.1, -0.05) is 24.3 Å². The highest BCUT2D eigenvalue weighted by Crippen LogP contribution is 2.06. The zero-order valence-corrected chi connectivity index (χ0v) is 13.2. The van der Waals surface area contributed by atoms with Gasteiger partial charge in [0.25, 0.3) is 5.56 Å². The molecule has 1 amide bonds. The Morgan fingerprint density at radius 1 is 1.08 bits per heavy atom. The molecule has 25 heavy (non-hydrogen) atoms. The summed E-state index contributed by atoms with van der Waals surface area (Å²) in [6.07, 6.45) is 3.41. The average molecular weight is 334 g/mol. The molecule has 124 valence electrons. The van der Waals surface area contributed by atoms with Gasteiger partial charge in [-0.2, -0.15) is 5.10 Å². The van der Waals surface area contributed by atoms with E-state index in [2.05, 4.69) is 20.6 Å². The molecule has 0 bridgehead atoms. The fourth-order valence-electron chi connectivity index (χ4n) is 2.62. The molecule has 0 spiro atoms. The van der Waals surface area contributed by atoms with Gasteiger partial charge in [-0.05, 0) is 18.2 Å². The number of nitrogens with one attached hydrogen (secondary N) is 1. The van der Waals surface area contributed by atoms with E-state index in [1.807, 2.05) is 36.5 Å². The molecule has 0 unspecified atom stereocenters. The minimum Gasteiger partial charge on any atom is -0.347 e. The van der Waals surface area contributed by atoms with Crippen molar-refractivity contribution in [3.8, 4) is 0 Å². The monoisotopic (exact) mass is 334 g/mol. The smallest absolute Gasteiger partial charge is 0.275 e. The summed E-state index contributed by atoms with van der Waals surface area (Å²) in [7, 11) is 0. The highest BCUT2D eigenvalue weighted by molar-refractivity contribution is 5.81. The Kier molecular flexibility index (Phi) is 3.70. The molecule has 4 aromatic rings. The van der Waals surface area contributed by atoms with E-state index in [4.69, 9.17) is 0 Å². The van der Waals surface area contributed by atoms with Crippen molar-refractivity contribution < 1.29 is 4.79 Å². The van der Waals surface area contributed by atoms with E-state index in [9.17, 15) is 9.59 Å². The number of hydrogen-bond donors (Lipinski definition) is 1. The molecule has 0 atom stereocenters. The number of benzene rings is 1. The SMILES string of the molecule is O=C(Cn1ncc2ccccc2c1=O)NCc1nnc2ccccn12. The quantitative estimate of drug-likeness (QED) is 0.594. The van der Waals surface area contributed by atoms with Crippen LogP contribution in [-0.2, 0) is 17.9 Å². The van der Waals surface area contributed by atoms with E-state index in [1.165, 1.54) is 0 Å². The Labute approximate surface area is 141 Å². The second kappa shape index (κ2) is 6.16. The molecule has 8 nitrogen and oxygen atoms in total. The minimum absolute atomic E-state index is 0.152. The Balaban J connectivity index is 1.49. The first-order chi connectivity index (χ1) is 12.2. The molecule has 0 aliphatic rings. The fraction of sp³-hybridized carbons (Fsp3) is 0.118. The summed E-state index contributed by atoms with van der Waals surface area (Å²) in [6.45, 7) is 0.0623. The lowest BCUT2D eigenvalue weighted by molar-refractivity contribution is -0.122. The maximum absolute atomic E-state index is 12.4. The van der Waals surface area contributed by atoms with Crippen LogP contribution in [0.3, 0.4) is 0 Å². The number of hydrogen-bond acceptors (Lipinski definition) is 5. The van der Waals surface area contributed by atoms with Crippen LogP contribution in [0.1, 0.15) is 5.82 Å². The first-order valence-corrected chi connectivity index (χ1v) is 7.72. The molecular formula is C17H14N6O2.